The summed E-state index contributed by atoms with van der Waals surface area (Å²) in [7, 11) is 0. The molecule has 0 bridgehead atoms. The third-order valence-corrected chi connectivity index (χ3v) is 2.45. The Bertz CT molecular complexity index is 428. The number of hydrogen-bond acceptors (Lipinski definition) is 2. The monoisotopic (exact) mass is 248 g/mol. The van der Waals surface area contributed by atoms with Crippen molar-refractivity contribution in [1.29, 1.82) is 0 Å². The lowest BCUT2D eigenvalue weighted by Crippen LogP contribution is -2.25. The van der Waals surface area contributed by atoms with E-state index in [4.69, 9.17) is 0 Å². The summed E-state index contributed by atoms with van der Waals surface area (Å²) < 4.78 is 0. The molecule has 98 valence electrons. The van der Waals surface area contributed by atoms with Gasteiger partial charge in [0.15, 0.2) is 0 Å². The van der Waals surface area contributed by atoms with E-state index in [1.807, 2.05) is 0 Å². The van der Waals surface area contributed by atoms with E-state index in [0.29, 0.717) is 23.7 Å². The molecule has 4 heteroatoms. The fourth-order valence-electron chi connectivity index (χ4n) is 1.52. The van der Waals surface area contributed by atoms with E-state index in [0.717, 1.165) is 6.42 Å². The summed E-state index contributed by atoms with van der Waals surface area (Å²) in [5, 5.41) is 5.51. The second kappa shape index (κ2) is 6.79. The van der Waals surface area contributed by atoms with E-state index < -0.39 is 0 Å². The van der Waals surface area contributed by atoms with Gasteiger partial charge in [-0.15, -0.1) is 0 Å². The van der Waals surface area contributed by atoms with Crippen LogP contribution in [0, 0.1) is 5.92 Å². The quantitative estimate of drug-likeness (QED) is 0.840. The number of anilines is 1. The highest BCUT2D eigenvalue weighted by Crippen LogP contribution is 2.10. The van der Waals surface area contributed by atoms with Gasteiger partial charge < -0.3 is 10.6 Å². The highest BCUT2D eigenvalue weighted by Gasteiger charge is 2.06. The molecule has 0 aliphatic rings. The molecule has 0 aliphatic carbocycles. The molecule has 0 spiro atoms. The first-order valence-corrected chi connectivity index (χ1v) is 6.15. The van der Waals surface area contributed by atoms with Crippen LogP contribution in [0.3, 0.4) is 0 Å². The smallest absolute Gasteiger partial charge is 0.251 e. The number of hydrogen-bond donors (Lipinski definition) is 2. The second-order valence-corrected chi connectivity index (χ2v) is 4.70. The summed E-state index contributed by atoms with van der Waals surface area (Å²) in [4.78, 5) is 22.8. The van der Waals surface area contributed by atoms with Gasteiger partial charge >= 0.3 is 0 Å². The summed E-state index contributed by atoms with van der Waals surface area (Å²) in [5.41, 5.74) is 1.20. The SMILES string of the molecule is CC(=O)Nc1cccc(C(=O)NCCC(C)C)c1. The number of rotatable bonds is 5. The van der Waals surface area contributed by atoms with Gasteiger partial charge in [0.2, 0.25) is 5.91 Å². The Hall–Kier alpha value is -1.84. The molecule has 18 heavy (non-hydrogen) atoms. The van der Waals surface area contributed by atoms with E-state index in [1.54, 1.807) is 24.3 Å². The predicted octanol–water partition coefficient (Wildman–Crippen LogP) is 2.42. The predicted molar refractivity (Wildman–Crippen MR) is 72.5 cm³/mol. The Morgan fingerprint density at radius 2 is 2.00 bits per heavy atom. The minimum Gasteiger partial charge on any atom is -0.352 e. The van der Waals surface area contributed by atoms with Gasteiger partial charge in [-0.05, 0) is 30.5 Å². The normalized spacial score (nSPS) is 10.2. The van der Waals surface area contributed by atoms with Gasteiger partial charge in [0.25, 0.3) is 5.91 Å². The number of carbonyl (C=O) groups excluding carboxylic acids is 2. The highest BCUT2D eigenvalue weighted by molar-refractivity contribution is 5.96. The molecule has 0 saturated carbocycles. The zero-order chi connectivity index (χ0) is 13.5. The van der Waals surface area contributed by atoms with Gasteiger partial charge in [0.1, 0.15) is 0 Å². The number of benzene rings is 1. The molecule has 0 saturated heterocycles. The minimum atomic E-state index is -0.146. The summed E-state index contributed by atoms with van der Waals surface area (Å²) in [6.07, 6.45) is 0.955. The maximum Gasteiger partial charge on any atom is 0.251 e. The number of amides is 2. The van der Waals surface area contributed by atoms with Crippen LogP contribution in [-0.4, -0.2) is 18.4 Å². The fourth-order valence-corrected chi connectivity index (χ4v) is 1.52. The van der Waals surface area contributed by atoms with E-state index in [9.17, 15) is 9.59 Å². The molecule has 0 fully saturated rings. The van der Waals surface area contributed by atoms with Crippen molar-refractivity contribution in [2.24, 2.45) is 5.92 Å². The van der Waals surface area contributed by atoms with E-state index in [-0.39, 0.29) is 11.8 Å². The molecule has 0 aromatic heterocycles. The first-order chi connectivity index (χ1) is 8.49. The van der Waals surface area contributed by atoms with Crippen LogP contribution < -0.4 is 10.6 Å². The molecule has 0 unspecified atom stereocenters. The zero-order valence-corrected chi connectivity index (χ0v) is 11.1. The third kappa shape index (κ3) is 4.99. The van der Waals surface area contributed by atoms with Crippen molar-refractivity contribution in [3.63, 3.8) is 0 Å². The standard InChI is InChI=1S/C14H20N2O2/c1-10(2)7-8-15-14(18)12-5-4-6-13(9-12)16-11(3)17/h4-6,9-10H,7-8H2,1-3H3,(H,15,18)(H,16,17). The van der Waals surface area contributed by atoms with Crippen molar-refractivity contribution in [2.45, 2.75) is 27.2 Å². The van der Waals surface area contributed by atoms with Crippen molar-refractivity contribution >= 4 is 17.5 Å². The summed E-state index contributed by atoms with van der Waals surface area (Å²) >= 11 is 0. The Balaban J connectivity index is 2.59. The molecule has 1 rings (SSSR count). The van der Waals surface area contributed by atoms with Crippen LogP contribution in [0.4, 0.5) is 5.69 Å². The summed E-state index contributed by atoms with van der Waals surface area (Å²) in [5.74, 6) is 0.311. The Morgan fingerprint density at radius 1 is 1.28 bits per heavy atom. The molecular weight excluding hydrogens is 228 g/mol. The lowest BCUT2D eigenvalue weighted by molar-refractivity contribution is -0.114. The van der Waals surface area contributed by atoms with Crippen LogP contribution in [0.1, 0.15) is 37.6 Å². The molecule has 1 aromatic carbocycles. The van der Waals surface area contributed by atoms with Gasteiger partial charge in [-0.25, -0.2) is 0 Å². The molecule has 4 nitrogen and oxygen atoms in total. The number of carbonyl (C=O) groups is 2. The van der Waals surface area contributed by atoms with Crippen molar-refractivity contribution < 1.29 is 9.59 Å². The first kappa shape index (κ1) is 14.2. The van der Waals surface area contributed by atoms with Crippen LogP contribution in [0.5, 0.6) is 0 Å². The van der Waals surface area contributed by atoms with E-state index in [1.165, 1.54) is 6.92 Å². The van der Waals surface area contributed by atoms with E-state index >= 15 is 0 Å². The van der Waals surface area contributed by atoms with Gasteiger partial charge in [0.05, 0.1) is 0 Å². The van der Waals surface area contributed by atoms with Crippen LogP contribution in [-0.2, 0) is 4.79 Å². The van der Waals surface area contributed by atoms with Crippen molar-refractivity contribution in [3.8, 4) is 0 Å². The average molecular weight is 248 g/mol. The fraction of sp³-hybridized carbons (Fsp3) is 0.429. The van der Waals surface area contributed by atoms with Gasteiger partial charge in [-0.3, -0.25) is 9.59 Å². The Kier molecular flexibility index (Phi) is 5.36. The Labute approximate surface area is 108 Å². The average Bonchev–Trinajstić information content (AvgIpc) is 2.27. The maximum atomic E-state index is 11.8. The lowest BCUT2D eigenvalue weighted by atomic mass is 10.1. The molecule has 0 atom stereocenters. The molecule has 2 N–H and O–H groups in total. The Morgan fingerprint density at radius 3 is 2.61 bits per heavy atom. The van der Waals surface area contributed by atoms with E-state index in [2.05, 4.69) is 24.5 Å². The molecule has 1 aromatic rings. The first-order valence-electron chi connectivity index (χ1n) is 6.15. The van der Waals surface area contributed by atoms with Crippen LogP contribution in [0.15, 0.2) is 24.3 Å². The van der Waals surface area contributed by atoms with Gasteiger partial charge in [-0.2, -0.15) is 0 Å². The summed E-state index contributed by atoms with van der Waals surface area (Å²) in [6.45, 7) is 6.34. The largest absolute Gasteiger partial charge is 0.352 e. The van der Waals surface area contributed by atoms with Crippen molar-refractivity contribution in [1.82, 2.24) is 5.32 Å². The van der Waals surface area contributed by atoms with Crippen LogP contribution >= 0.6 is 0 Å². The lowest BCUT2D eigenvalue weighted by Gasteiger charge is -2.08. The number of nitrogens with one attached hydrogen (secondary N) is 2. The second-order valence-electron chi connectivity index (χ2n) is 4.70. The zero-order valence-electron chi connectivity index (χ0n) is 11.1. The minimum absolute atomic E-state index is 0.108. The maximum absolute atomic E-state index is 11.8. The van der Waals surface area contributed by atoms with Crippen molar-refractivity contribution in [3.05, 3.63) is 29.8 Å². The van der Waals surface area contributed by atoms with Crippen molar-refractivity contribution in [2.75, 3.05) is 11.9 Å². The van der Waals surface area contributed by atoms with Gasteiger partial charge in [-0.1, -0.05) is 19.9 Å². The summed E-state index contributed by atoms with van der Waals surface area (Å²) in [6, 6.07) is 6.91. The van der Waals surface area contributed by atoms with Crippen LogP contribution in [0.2, 0.25) is 0 Å². The molecule has 2 amide bonds. The third-order valence-electron chi connectivity index (χ3n) is 2.45. The molecular formula is C14H20N2O2. The topological polar surface area (TPSA) is 58.2 Å². The molecule has 0 heterocycles. The van der Waals surface area contributed by atoms with Crippen LogP contribution in [0.25, 0.3) is 0 Å². The highest BCUT2D eigenvalue weighted by atomic mass is 16.2. The molecule has 0 aliphatic heterocycles. The van der Waals surface area contributed by atoms with Gasteiger partial charge in [0, 0.05) is 24.7 Å². The molecule has 0 radical (unpaired) electrons.